The summed E-state index contributed by atoms with van der Waals surface area (Å²) in [6.07, 6.45) is 3.47. The first-order chi connectivity index (χ1) is 10.6. The second-order valence-electron chi connectivity index (χ2n) is 5.01. The molecule has 5 nitrogen and oxygen atoms in total. The number of benzene rings is 1. The molecular weight excluding hydrogens is 278 g/mol. The largest absolute Gasteiger partial charge is 0.492 e. The van der Waals surface area contributed by atoms with Crippen LogP contribution in [0.25, 0.3) is 0 Å². The number of carbonyl (C=O) groups is 1. The highest BCUT2D eigenvalue weighted by atomic mass is 16.5. The fourth-order valence-electron chi connectivity index (χ4n) is 2.10. The number of pyridine rings is 1. The first-order valence-electron chi connectivity index (χ1n) is 7.30. The van der Waals surface area contributed by atoms with Crippen LogP contribution >= 0.6 is 0 Å². The SMILES string of the molecule is CCOc1ccc(C(=O)C(C)NCc2ccncc2)cc1N. The van der Waals surface area contributed by atoms with Gasteiger partial charge in [-0.2, -0.15) is 0 Å². The molecule has 0 amide bonds. The van der Waals surface area contributed by atoms with Crippen LogP contribution in [-0.4, -0.2) is 23.4 Å². The topological polar surface area (TPSA) is 77.2 Å². The number of rotatable bonds is 7. The molecule has 3 N–H and O–H groups in total. The minimum Gasteiger partial charge on any atom is -0.492 e. The van der Waals surface area contributed by atoms with E-state index in [0.717, 1.165) is 5.56 Å². The minimum atomic E-state index is -0.300. The normalized spacial score (nSPS) is 11.9. The number of Topliss-reactive ketones (excluding diaryl/α,β-unsaturated/α-hetero) is 1. The van der Waals surface area contributed by atoms with Crippen molar-refractivity contribution >= 4 is 11.5 Å². The van der Waals surface area contributed by atoms with E-state index in [-0.39, 0.29) is 11.8 Å². The Morgan fingerprint density at radius 3 is 2.68 bits per heavy atom. The molecule has 1 aromatic carbocycles. The number of nitrogens with two attached hydrogens (primary N) is 1. The quantitative estimate of drug-likeness (QED) is 0.606. The molecule has 0 saturated heterocycles. The number of hydrogen-bond acceptors (Lipinski definition) is 5. The number of nitrogens with zero attached hydrogens (tertiary/aromatic N) is 1. The summed E-state index contributed by atoms with van der Waals surface area (Å²) in [5.74, 6) is 0.611. The Morgan fingerprint density at radius 1 is 1.32 bits per heavy atom. The molecule has 0 aliphatic rings. The van der Waals surface area contributed by atoms with E-state index < -0.39 is 0 Å². The van der Waals surface area contributed by atoms with E-state index in [4.69, 9.17) is 10.5 Å². The molecule has 5 heteroatoms. The van der Waals surface area contributed by atoms with E-state index in [1.165, 1.54) is 0 Å². The van der Waals surface area contributed by atoms with Crippen molar-refractivity contribution in [1.29, 1.82) is 0 Å². The smallest absolute Gasteiger partial charge is 0.179 e. The van der Waals surface area contributed by atoms with E-state index in [9.17, 15) is 4.79 Å². The molecule has 0 bridgehead atoms. The maximum absolute atomic E-state index is 12.4. The Morgan fingerprint density at radius 2 is 2.05 bits per heavy atom. The third-order valence-corrected chi connectivity index (χ3v) is 3.35. The summed E-state index contributed by atoms with van der Waals surface area (Å²) in [5.41, 5.74) is 8.05. The van der Waals surface area contributed by atoms with Gasteiger partial charge in [-0.05, 0) is 49.7 Å². The monoisotopic (exact) mass is 299 g/mol. The van der Waals surface area contributed by atoms with Crippen LogP contribution in [0.4, 0.5) is 5.69 Å². The summed E-state index contributed by atoms with van der Waals surface area (Å²) in [7, 11) is 0. The van der Waals surface area contributed by atoms with Crippen LogP contribution in [0.2, 0.25) is 0 Å². The fraction of sp³-hybridized carbons (Fsp3) is 0.294. The third kappa shape index (κ3) is 4.05. The third-order valence-electron chi connectivity index (χ3n) is 3.35. The Kier molecular flexibility index (Phi) is 5.49. The van der Waals surface area contributed by atoms with Crippen molar-refractivity contribution in [2.75, 3.05) is 12.3 Å². The highest BCUT2D eigenvalue weighted by Crippen LogP contribution is 2.23. The van der Waals surface area contributed by atoms with Gasteiger partial charge in [0.05, 0.1) is 18.3 Å². The number of aromatic nitrogens is 1. The Hall–Kier alpha value is -2.40. The summed E-state index contributed by atoms with van der Waals surface area (Å²) in [4.78, 5) is 16.4. The first kappa shape index (κ1) is 16.0. The molecule has 0 aliphatic carbocycles. The predicted molar refractivity (Wildman–Crippen MR) is 86.9 cm³/mol. The van der Waals surface area contributed by atoms with Gasteiger partial charge in [-0.1, -0.05) is 0 Å². The number of nitrogen functional groups attached to an aromatic ring is 1. The van der Waals surface area contributed by atoms with Crippen LogP contribution in [0.15, 0.2) is 42.7 Å². The summed E-state index contributed by atoms with van der Waals surface area (Å²) < 4.78 is 5.38. The lowest BCUT2D eigenvalue weighted by Gasteiger charge is -2.14. The van der Waals surface area contributed by atoms with Crippen LogP contribution < -0.4 is 15.8 Å². The van der Waals surface area contributed by atoms with Gasteiger partial charge in [0.25, 0.3) is 0 Å². The number of ketones is 1. The van der Waals surface area contributed by atoms with Gasteiger partial charge in [0.1, 0.15) is 5.75 Å². The van der Waals surface area contributed by atoms with Crippen molar-refractivity contribution in [1.82, 2.24) is 10.3 Å². The number of anilines is 1. The summed E-state index contributed by atoms with van der Waals surface area (Å²) in [6.45, 7) is 4.89. The minimum absolute atomic E-state index is 0.00352. The fourth-order valence-corrected chi connectivity index (χ4v) is 2.10. The molecule has 0 saturated carbocycles. The van der Waals surface area contributed by atoms with Crippen molar-refractivity contribution in [3.8, 4) is 5.75 Å². The van der Waals surface area contributed by atoms with E-state index in [1.807, 2.05) is 26.0 Å². The summed E-state index contributed by atoms with van der Waals surface area (Å²) in [6, 6.07) is 8.68. The van der Waals surface area contributed by atoms with Gasteiger partial charge in [-0.25, -0.2) is 0 Å². The molecule has 2 rings (SSSR count). The van der Waals surface area contributed by atoms with Crippen molar-refractivity contribution in [2.24, 2.45) is 0 Å². The van der Waals surface area contributed by atoms with Gasteiger partial charge in [0.15, 0.2) is 5.78 Å². The zero-order valence-electron chi connectivity index (χ0n) is 12.9. The average Bonchev–Trinajstić information content (AvgIpc) is 2.55. The molecule has 2 aromatic rings. The van der Waals surface area contributed by atoms with Gasteiger partial charge in [-0.15, -0.1) is 0 Å². The Labute approximate surface area is 130 Å². The van der Waals surface area contributed by atoms with Gasteiger partial charge in [0, 0.05) is 24.5 Å². The van der Waals surface area contributed by atoms with Crippen LogP contribution in [0.5, 0.6) is 5.75 Å². The van der Waals surface area contributed by atoms with Gasteiger partial charge >= 0.3 is 0 Å². The van der Waals surface area contributed by atoms with Crippen LogP contribution in [-0.2, 0) is 6.54 Å². The molecule has 1 heterocycles. The molecule has 0 aliphatic heterocycles. The van der Waals surface area contributed by atoms with E-state index in [1.54, 1.807) is 30.6 Å². The Bertz CT molecular complexity index is 629. The molecule has 0 spiro atoms. The molecule has 1 atom stereocenters. The maximum Gasteiger partial charge on any atom is 0.179 e. The molecular formula is C17H21N3O2. The second-order valence-corrected chi connectivity index (χ2v) is 5.01. The highest BCUT2D eigenvalue weighted by Gasteiger charge is 2.16. The summed E-state index contributed by atoms with van der Waals surface area (Å²) in [5, 5.41) is 3.21. The second kappa shape index (κ2) is 7.56. The number of hydrogen-bond donors (Lipinski definition) is 2. The van der Waals surface area contributed by atoms with Crippen molar-refractivity contribution in [3.05, 3.63) is 53.9 Å². The number of ether oxygens (including phenoxy) is 1. The van der Waals surface area contributed by atoms with Crippen LogP contribution in [0.3, 0.4) is 0 Å². The van der Waals surface area contributed by atoms with Gasteiger partial charge in [-0.3, -0.25) is 9.78 Å². The average molecular weight is 299 g/mol. The molecule has 1 unspecified atom stereocenters. The molecule has 116 valence electrons. The number of carbonyl (C=O) groups excluding carboxylic acids is 1. The zero-order valence-corrected chi connectivity index (χ0v) is 12.9. The molecule has 22 heavy (non-hydrogen) atoms. The molecule has 1 aromatic heterocycles. The molecule has 0 radical (unpaired) electrons. The highest BCUT2D eigenvalue weighted by molar-refractivity contribution is 6.00. The van der Waals surface area contributed by atoms with Gasteiger partial charge < -0.3 is 15.8 Å². The number of nitrogens with one attached hydrogen (secondary N) is 1. The van der Waals surface area contributed by atoms with Crippen LogP contribution in [0.1, 0.15) is 29.8 Å². The van der Waals surface area contributed by atoms with Gasteiger partial charge in [0.2, 0.25) is 0 Å². The van der Waals surface area contributed by atoms with E-state index in [0.29, 0.717) is 30.2 Å². The standard InChI is InChI=1S/C17H21N3O2/c1-3-22-16-5-4-14(10-15(16)18)17(21)12(2)20-11-13-6-8-19-9-7-13/h4-10,12,20H,3,11,18H2,1-2H3. The lowest BCUT2D eigenvalue weighted by atomic mass is 10.0. The lowest BCUT2D eigenvalue weighted by Crippen LogP contribution is -2.33. The van der Waals surface area contributed by atoms with E-state index in [2.05, 4.69) is 10.3 Å². The first-order valence-corrected chi connectivity index (χ1v) is 7.30. The van der Waals surface area contributed by atoms with Crippen molar-refractivity contribution in [2.45, 2.75) is 26.4 Å². The van der Waals surface area contributed by atoms with Crippen molar-refractivity contribution < 1.29 is 9.53 Å². The predicted octanol–water partition coefficient (Wildman–Crippen LogP) is 2.42. The van der Waals surface area contributed by atoms with E-state index >= 15 is 0 Å². The zero-order chi connectivity index (χ0) is 15.9. The van der Waals surface area contributed by atoms with Crippen molar-refractivity contribution in [3.63, 3.8) is 0 Å². The molecule has 0 fully saturated rings. The lowest BCUT2D eigenvalue weighted by molar-refractivity contribution is 0.0950. The van der Waals surface area contributed by atoms with Crippen LogP contribution in [0, 0.1) is 0 Å². The maximum atomic E-state index is 12.4. The Balaban J connectivity index is 1.99. The summed E-state index contributed by atoms with van der Waals surface area (Å²) >= 11 is 0.